The third kappa shape index (κ3) is 5.31. The highest BCUT2D eigenvalue weighted by Crippen LogP contribution is 2.41. The van der Waals surface area contributed by atoms with Gasteiger partial charge in [0.05, 0.1) is 11.0 Å². The van der Waals surface area contributed by atoms with Crippen molar-refractivity contribution in [1.29, 1.82) is 0 Å². The highest BCUT2D eigenvalue weighted by atomic mass is 15.3. The van der Waals surface area contributed by atoms with Gasteiger partial charge in [-0.3, -0.25) is 9.13 Å². The number of nitrogens with zero attached hydrogens (tertiary/aromatic N) is 6. The van der Waals surface area contributed by atoms with Crippen molar-refractivity contribution in [1.82, 2.24) is 24.3 Å². The molecule has 0 N–H and O–H groups in total. The number of aryl methyl sites for hydroxylation is 1. The summed E-state index contributed by atoms with van der Waals surface area (Å²) in [7, 11) is 0. The summed E-state index contributed by atoms with van der Waals surface area (Å²) in [5.41, 5.74) is 9.17. The van der Waals surface area contributed by atoms with Crippen molar-refractivity contribution >= 4 is 49.6 Å². The Balaban J connectivity index is 1.21. The Kier molecular flexibility index (Phi) is 7.58. The summed E-state index contributed by atoms with van der Waals surface area (Å²) in [5.74, 6) is 2.22. The van der Waals surface area contributed by atoms with Crippen molar-refractivity contribution in [2.24, 2.45) is 0 Å². The van der Waals surface area contributed by atoms with E-state index in [1.807, 2.05) is 6.07 Å². The normalized spacial score (nSPS) is 11.4. The Bertz CT molecular complexity index is 2870. The minimum Gasteiger partial charge on any atom is -0.310 e. The molecular formula is C48H34N6. The smallest absolute Gasteiger partial charge is 0.187 e. The molecule has 0 unspecified atom stereocenters. The van der Waals surface area contributed by atoms with Gasteiger partial charge < -0.3 is 4.90 Å². The standard InChI is InChI=1S/C48H34N6/c1-33-16-14-22-37(30-33)53-47(42-32-38(31-34-17-8-9-23-39(34)42)52(35-18-4-2-5-19-35)36-20-6-3-7-21-36)50-51-48(53)43-26-15-29-46(49-43)54-44-27-12-10-24-40(44)41-25-11-13-28-45(41)54/h2-32H,1H3. The average Bonchev–Trinajstić information content (AvgIpc) is 3.82. The maximum atomic E-state index is 5.32. The summed E-state index contributed by atoms with van der Waals surface area (Å²) in [6.45, 7) is 2.11. The molecule has 256 valence electrons. The first-order chi connectivity index (χ1) is 26.7. The van der Waals surface area contributed by atoms with Gasteiger partial charge in [0.1, 0.15) is 11.5 Å². The molecule has 3 aromatic heterocycles. The van der Waals surface area contributed by atoms with Crippen molar-refractivity contribution in [3.05, 3.63) is 194 Å². The van der Waals surface area contributed by atoms with E-state index in [1.54, 1.807) is 0 Å². The van der Waals surface area contributed by atoms with Gasteiger partial charge >= 0.3 is 0 Å². The summed E-state index contributed by atoms with van der Waals surface area (Å²) in [5, 5.41) is 14.5. The lowest BCUT2D eigenvalue weighted by Gasteiger charge is -2.26. The monoisotopic (exact) mass is 694 g/mol. The minimum atomic E-state index is 0.663. The highest BCUT2D eigenvalue weighted by Gasteiger charge is 2.23. The van der Waals surface area contributed by atoms with Crippen LogP contribution in [0.4, 0.5) is 17.1 Å². The molecule has 10 rings (SSSR count). The summed E-state index contributed by atoms with van der Waals surface area (Å²) < 4.78 is 4.40. The zero-order valence-electron chi connectivity index (χ0n) is 29.6. The third-order valence-corrected chi connectivity index (χ3v) is 10.1. The summed E-state index contributed by atoms with van der Waals surface area (Å²) in [4.78, 5) is 7.61. The maximum absolute atomic E-state index is 5.32. The van der Waals surface area contributed by atoms with E-state index in [-0.39, 0.29) is 0 Å². The van der Waals surface area contributed by atoms with Crippen LogP contribution in [0.25, 0.3) is 67.0 Å². The number of benzene rings is 7. The molecule has 3 heterocycles. The first-order valence-corrected chi connectivity index (χ1v) is 18.1. The SMILES string of the molecule is Cc1cccc(-n2c(-c3cccc(-n4c5ccccc5c5ccccc54)n3)nnc2-c2cc(N(c3ccccc3)c3ccccc3)cc3ccccc23)c1. The van der Waals surface area contributed by atoms with Gasteiger partial charge in [-0.25, -0.2) is 4.98 Å². The van der Waals surface area contributed by atoms with Gasteiger partial charge in [0, 0.05) is 39.1 Å². The molecule has 0 aliphatic heterocycles. The first-order valence-electron chi connectivity index (χ1n) is 18.1. The second kappa shape index (κ2) is 13.0. The number of para-hydroxylation sites is 4. The largest absolute Gasteiger partial charge is 0.310 e. The zero-order valence-corrected chi connectivity index (χ0v) is 29.6. The third-order valence-electron chi connectivity index (χ3n) is 10.1. The average molecular weight is 695 g/mol. The molecule has 0 saturated carbocycles. The Morgan fingerprint density at radius 2 is 1.04 bits per heavy atom. The van der Waals surface area contributed by atoms with Crippen LogP contribution in [-0.2, 0) is 0 Å². The van der Waals surface area contributed by atoms with Crippen molar-refractivity contribution in [2.75, 3.05) is 4.90 Å². The second-order valence-corrected chi connectivity index (χ2v) is 13.5. The fraction of sp³-hybridized carbons (Fsp3) is 0.0208. The van der Waals surface area contributed by atoms with Crippen LogP contribution in [0.1, 0.15) is 5.56 Å². The summed E-state index contributed by atoms with van der Waals surface area (Å²) >= 11 is 0. The van der Waals surface area contributed by atoms with Crippen molar-refractivity contribution in [2.45, 2.75) is 6.92 Å². The summed E-state index contributed by atoms with van der Waals surface area (Å²) in [6, 6.07) is 65.6. The molecule has 10 aromatic rings. The van der Waals surface area contributed by atoms with E-state index in [4.69, 9.17) is 15.2 Å². The Morgan fingerprint density at radius 1 is 0.444 bits per heavy atom. The number of aromatic nitrogens is 5. The van der Waals surface area contributed by atoms with Crippen LogP contribution >= 0.6 is 0 Å². The topological polar surface area (TPSA) is 51.8 Å². The van der Waals surface area contributed by atoms with Crippen LogP contribution in [0, 0.1) is 6.92 Å². The molecule has 0 amide bonds. The van der Waals surface area contributed by atoms with Gasteiger partial charge in [-0.2, -0.15) is 0 Å². The number of rotatable bonds is 7. The molecule has 0 spiro atoms. The van der Waals surface area contributed by atoms with Gasteiger partial charge in [-0.05, 0) is 96.1 Å². The molecule has 0 aliphatic rings. The molecule has 0 aliphatic carbocycles. The molecule has 0 fully saturated rings. The van der Waals surface area contributed by atoms with Crippen molar-refractivity contribution < 1.29 is 0 Å². The molecule has 0 radical (unpaired) electrons. The van der Waals surface area contributed by atoms with E-state index < -0.39 is 0 Å². The van der Waals surface area contributed by atoms with Gasteiger partial charge in [-0.15, -0.1) is 10.2 Å². The number of hydrogen-bond acceptors (Lipinski definition) is 4. The van der Waals surface area contributed by atoms with Gasteiger partial charge in [-0.1, -0.05) is 115 Å². The Labute approximate surface area is 312 Å². The van der Waals surface area contributed by atoms with Gasteiger partial charge in [0.2, 0.25) is 0 Å². The molecule has 0 atom stereocenters. The lowest BCUT2D eigenvalue weighted by Crippen LogP contribution is -2.10. The van der Waals surface area contributed by atoms with Gasteiger partial charge in [0.25, 0.3) is 0 Å². The van der Waals surface area contributed by atoms with Crippen LogP contribution in [0.2, 0.25) is 0 Å². The number of hydrogen-bond donors (Lipinski definition) is 0. The Morgan fingerprint density at radius 3 is 1.72 bits per heavy atom. The fourth-order valence-electron chi connectivity index (χ4n) is 7.69. The lowest BCUT2D eigenvalue weighted by atomic mass is 10.0. The van der Waals surface area contributed by atoms with E-state index in [0.717, 1.165) is 73.0 Å². The quantitative estimate of drug-likeness (QED) is 0.167. The van der Waals surface area contributed by atoms with Crippen LogP contribution in [0.5, 0.6) is 0 Å². The highest BCUT2D eigenvalue weighted by molar-refractivity contribution is 6.09. The maximum Gasteiger partial charge on any atom is 0.187 e. The lowest BCUT2D eigenvalue weighted by molar-refractivity contribution is 1.03. The van der Waals surface area contributed by atoms with Crippen molar-refractivity contribution in [3.8, 4) is 34.4 Å². The summed E-state index contributed by atoms with van der Waals surface area (Å²) in [6.07, 6.45) is 0. The van der Waals surface area contributed by atoms with Crippen LogP contribution in [-0.4, -0.2) is 24.3 Å². The Hall–Kier alpha value is -7.31. The number of fused-ring (bicyclic) bond motifs is 4. The van der Waals surface area contributed by atoms with Crippen LogP contribution < -0.4 is 4.90 Å². The molecule has 7 aromatic carbocycles. The second-order valence-electron chi connectivity index (χ2n) is 13.5. The molecule has 0 saturated heterocycles. The molecule has 54 heavy (non-hydrogen) atoms. The zero-order chi connectivity index (χ0) is 36.0. The minimum absolute atomic E-state index is 0.663. The van der Waals surface area contributed by atoms with E-state index in [1.165, 1.54) is 10.8 Å². The van der Waals surface area contributed by atoms with Crippen LogP contribution in [0.15, 0.2) is 188 Å². The number of pyridine rings is 1. The molecule has 6 nitrogen and oxygen atoms in total. The predicted molar refractivity (Wildman–Crippen MR) is 221 cm³/mol. The van der Waals surface area contributed by atoms with Crippen molar-refractivity contribution in [3.63, 3.8) is 0 Å². The number of anilines is 3. The van der Waals surface area contributed by atoms with Crippen LogP contribution in [0.3, 0.4) is 0 Å². The van der Waals surface area contributed by atoms with E-state index in [2.05, 4.69) is 203 Å². The predicted octanol–water partition coefficient (Wildman–Crippen LogP) is 12.0. The molecular weight excluding hydrogens is 661 g/mol. The van der Waals surface area contributed by atoms with E-state index in [0.29, 0.717) is 5.82 Å². The molecule has 6 heteroatoms. The van der Waals surface area contributed by atoms with E-state index in [9.17, 15) is 0 Å². The molecule has 0 bridgehead atoms. The fourth-order valence-corrected chi connectivity index (χ4v) is 7.69. The van der Waals surface area contributed by atoms with Gasteiger partial charge in [0.15, 0.2) is 11.6 Å². The first kappa shape index (κ1) is 31.4. The van der Waals surface area contributed by atoms with E-state index >= 15 is 0 Å².